The zero-order valence-corrected chi connectivity index (χ0v) is 16.7. The molecular formula is C19H18BrNO4S. The van der Waals surface area contributed by atoms with Gasteiger partial charge in [-0.2, -0.15) is 12.8 Å². The zero-order valence-electron chi connectivity index (χ0n) is 14.3. The first-order valence-electron chi connectivity index (χ1n) is 7.84. The van der Waals surface area contributed by atoms with Crippen molar-refractivity contribution in [2.75, 3.05) is 6.61 Å². The number of hydrogen-bond acceptors (Lipinski definition) is 4. The normalized spacial score (nSPS) is 12.3. The van der Waals surface area contributed by atoms with Gasteiger partial charge < -0.3 is 4.74 Å². The van der Waals surface area contributed by atoms with E-state index in [1.54, 1.807) is 43.3 Å². The SMILES string of the molecule is CCOC(=O)/C=C/C(=N\S(=O)(=O)c1ccc(C)cc1)c1ccc(Br)cc1. The minimum atomic E-state index is -3.92. The number of benzene rings is 2. The molecule has 0 heterocycles. The lowest BCUT2D eigenvalue weighted by atomic mass is 10.1. The Bertz CT molecular complexity index is 931. The summed E-state index contributed by atoms with van der Waals surface area (Å²) < 4.78 is 34.8. The van der Waals surface area contributed by atoms with Gasteiger partial charge in [-0.1, -0.05) is 45.8 Å². The third-order valence-corrected chi connectivity index (χ3v) is 5.17. The average molecular weight is 436 g/mol. The average Bonchev–Trinajstić information content (AvgIpc) is 2.60. The van der Waals surface area contributed by atoms with Crippen LogP contribution in [0.2, 0.25) is 0 Å². The van der Waals surface area contributed by atoms with Crippen molar-refractivity contribution >= 4 is 37.6 Å². The molecule has 0 amide bonds. The van der Waals surface area contributed by atoms with Gasteiger partial charge in [0.25, 0.3) is 10.0 Å². The van der Waals surface area contributed by atoms with Crippen molar-refractivity contribution in [3.05, 3.63) is 76.3 Å². The topological polar surface area (TPSA) is 72.8 Å². The van der Waals surface area contributed by atoms with Gasteiger partial charge in [0, 0.05) is 16.1 Å². The maximum Gasteiger partial charge on any atom is 0.330 e. The van der Waals surface area contributed by atoms with E-state index in [0.29, 0.717) is 5.56 Å². The van der Waals surface area contributed by atoms with Gasteiger partial charge in [-0.3, -0.25) is 0 Å². The summed E-state index contributed by atoms with van der Waals surface area (Å²) >= 11 is 3.33. The lowest BCUT2D eigenvalue weighted by molar-refractivity contribution is -0.137. The van der Waals surface area contributed by atoms with Gasteiger partial charge >= 0.3 is 5.97 Å². The third kappa shape index (κ3) is 5.64. The Labute approximate surface area is 161 Å². The molecule has 2 aromatic carbocycles. The van der Waals surface area contributed by atoms with Gasteiger partial charge in [-0.25, -0.2) is 4.79 Å². The largest absolute Gasteiger partial charge is 0.463 e. The first-order valence-corrected chi connectivity index (χ1v) is 10.1. The molecule has 2 rings (SSSR count). The number of carbonyl (C=O) groups excluding carboxylic acids is 1. The number of rotatable bonds is 6. The van der Waals surface area contributed by atoms with Crippen molar-refractivity contribution in [2.24, 2.45) is 4.40 Å². The molecule has 0 aliphatic heterocycles. The van der Waals surface area contributed by atoms with Crippen molar-refractivity contribution in [1.82, 2.24) is 0 Å². The van der Waals surface area contributed by atoms with E-state index in [-0.39, 0.29) is 17.2 Å². The molecule has 0 saturated carbocycles. The standard InChI is InChI=1S/C19H18BrNO4S/c1-3-25-19(22)13-12-18(15-6-8-16(20)9-7-15)21-26(23,24)17-10-4-14(2)5-11-17/h4-13H,3H2,1-2H3/b13-12+,21-18+. The Morgan fingerprint density at radius 1 is 1.08 bits per heavy atom. The Hall–Kier alpha value is -2.25. The van der Waals surface area contributed by atoms with E-state index in [0.717, 1.165) is 16.1 Å². The van der Waals surface area contributed by atoms with Crippen molar-refractivity contribution < 1.29 is 17.9 Å². The van der Waals surface area contributed by atoms with Crippen molar-refractivity contribution in [2.45, 2.75) is 18.7 Å². The first-order chi connectivity index (χ1) is 12.3. The summed E-state index contributed by atoms with van der Waals surface area (Å²) in [5, 5.41) is 0. The van der Waals surface area contributed by atoms with Crippen LogP contribution in [0.5, 0.6) is 0 Å². The van der Waals surface area contributed by atoms with Crippen LogP contribution in [0.4, 0.5) is 0 Å². The number of halogens is 1. The summed E-state index contributed by atoms with van der Waals surface area (Å²) in [5.74, 6) is -0.565. The number of ether oxygens (including phenoxy) is 1. The van der Waals surface area contributed by atoms with E-state index in [1.807, 2.05) is 6.92 Å². The second-order valence-corrected chi connectivity index (χ2v) is 7.88. The van der Waals surface area contributed by atoms with Crippen LogP contribution in [0.15, 0.2) is 74.4 Å². The van der Waals surface area contributed by atoms with E-state index in [9.17, 15) is 13.2 Å². The highest BCUT2D eigenvalue weighted by molar-refractivity contribution is 9.10. The van der Waals surface area contributed by atoms with Gasteiger partial charge in [0.1, 0.15) is 0 Å². The number of aryl methyl sites for hydroxylation is 1. The fraction of sp³-hybridized carbons (Fsp3) is 0.158. The van der Waals surface area contributed by atoms with E-state index in [4.69, 9.17) is 4.74 Å². The Balaban J connectivity index is 2.47. The lowest BCUT2D eigenvalue weighted by Crippen LogP contribution is -2.06. The van der Waals surface area contributed by atoms with E-state index in [2.05, 4.69) is 20.3 Å². The minimum absolute atomic E-state index is 0.0854. The molecule has 0 atom stereocenters. The molecule has 0 fully saturated rings. The van der Waals surface area contributed by atoms with Gasteiger partial charge in [-0.15, -0.1) is 0 Å². The number of hydrogen-bond donors (Lipinski definition) is 0. The molecule has 5 nitrogen and oxygen atoms in total. The predicted molar refractivity (Wildman–Crippen MR) is 105 cm³/mol. The molecule has 136 valence electrons. The number of carbonyl (C=O) groups is 1. The summed E-state index contributed by atoms with van der Waals surface area (Å²) in [6, 6.07) is 13.4. The highest BCUT2D eigenvalue weighted by atomic mass is 79.9. The number of allylic oxidation sites excluding steroid dienone is 1. The Kier molecular flexibility index (Phi) is 6.88. The molecule has 26 heavy (non-hydrogen) atoms. The van der Waals surface area contributed by atoms with Crippen LogP contribution >= 0.6 is 15.9 Å². The molecule has 0 bridgehead atoms. The number of esters is 1. The van der Waals surface area contributed by atoms with Crippen molar-refractivity contribution in [3.8, 4) is 0 Å². The molecule has 0 aliphatic rings. The van der Waals surface area contributed by atoms with Crippen molar-refractivity contribution in [1.29, 1.82) is 0 Å². The molecule has 2 aromatic rings. The zero-order chi connectivity index (χ0) is 19.2. The summed E-state index contributed by atoms with van der Waals surface area (Å²) in [6.45, 7) is 3.79. The fourth-order valence-electron chi connectivity index (χ4n) is 2.03. The molecule has 0 radical (unpaired) electrons. The maximum atomic E-state index is 12.6. The van der Waals surface area contributed by atoms with Crippen LogP contribution in [0, 0.1) is 6.92 Å². The minimum Gasteiger partial charge on any atom is -0.463 e. The Morgan fingerprint density at radius 3 is 2.27 bits per heavy atom. The van der Waals surface area contributed by atoms with Crippen LogP contribution in [0.1, 0.15) is 18.1 Å². The molecule has 0 saturated heterocycles. The van der Waals surface area contributed by atoms with Crippen LogP contribution in [-0.2, 0) is 19.6 Å². The molecule has 0 aromatic heterocycles. The van der Waals surface area contributed by atoms with E-state index < -0.39 is 16.0 Å². The monoisotopic (exact) mass is 435 g/mol. The molecule has 0 aliphatic carbocycles. The Morgan fingerprint density at radius 2 is 1.69 bits per heavy atom. The van der Waals surface area contributed by atoms with Crippen LogP contribution in [0.25, 0.3) is 0 Å². The highest BCUT2D eigenvalue weighted by Crippen LogP contribution is 2.17. The van der Waals surface area contributed by atoms with Gasteiger partial charge in [0.2, 0.25) is 0 Å². The smallest absolute Gasteiger partial charge is 0.330 e. The van der Waals surface area contributed by atoms with Gasteiger partial charge in [0.15, 0.2) is 0 Å². The molecule has 7 heteroatoms. The van der Waals surface area contributed by atoms with Crippen molar-refractivity contribution in [3.63, 3.8) is 0 Å². The number of sulfonamides is 1. The highest BCUT2D eigenvalue weighted by Gasteiger charge is 2.14. The van der Waals surface area contributed by atoms with Gasteiger partial charge in [0.05, 0.1) is 17.2 Å². The van der Waals surface area contributed by atoms with E-state index >= 15 is 0 Å². The first kappa shape index (κ1) is 20.1. The van der Waals surface area contributed by atoms with Crippen LogP contribution < -0.4 is 0 Å². The second kappa shape index (κ2) is 8.91. The fourth-order valence-corrected chi connectivity index (χ4v) is 3.30. The van der Waals surface area contributed by atoms with Crippen LogP contribution in [0.3, 0.4) is 0 Å². The quantitative estimate of drug-likeness (QED) is 0.389. The summed E-state index contributed by atoms with van der Waals surface area (Å²) in [5.41, 5.74) is 1.65. The van der Waals surface area contributed by atoms with E-state index in [1.165, 1.54) is 18.2 Å². The third-order valence-electron chi connectivity index (χ3n) is 3.34. The van der Waals surface area contributed by atoms with Gasteiger partial charge in [-0.05, 0) is 44.2 Å². The second-order valence-electron chi connectivity index (χ2n) is 5.36. The molecule has 0 unspecified atom stereocenters. The van der Waals surface area contributed by atoms with Crippen LogP contribution in [-0.4, -0.2) is 26.7 Å². The number of nitrogens with zero attached hydrogens (tertiary/aromatic N) is 1. The lowest BCUT2D eigenvalue weighted by Gasteiger charge is -2.05. The summed E-state index contributed by atoms with van der Waals surface area (Å²) in [6.07, 6.45) is 2.50. The summed E-state index contributed by atoms with van der Waals surface area (Å²) in [7, 11) is -3.92. The molecule has 0 N–H and O–H groups in total. The maximum absolute atomic E-state index is 12.6. The molecule has 0 spiro atoms. The summed E-state index contributed by atoms with van der Waals surface area (Å²) in [4.78, 5) is 11.7. The predicted octanol–water partition coefficient (Wildman–Crippen LogP) is 4.05. The molecular weight excluding hydrogens is 418 g/mol.